The van der Waals surface area contributed by atoms with Crippen molar-refractivity contribution in [1.29, 1.82) is 0 Å². The predicted molar refractivity (Wildman–Crippen MR) is 106 cm³/mol. The summed E-state index contributed by atoms with van der Waals surface area (Å²) in [5.41, 5.74) is 0.648. The maximum Gasteiger partial charge on any atom is 0.256 e. The van der Waals surface area contributed by atoms with Crippen LogP contribution in [-0.2, 0) is 16.1 Å². The molecule has 2 fully saturated rings. The van der Waals surface area contributed by atoms with Gasteiger partial charge >= 0.3 is 0 Å². The molecular formula is C23H25FN2O3. The number of benzene rings is 2. The first-order chi connectivity index (χ1) is 14.1. The monoisotopic (exact) mass is 396 g/mol. The van der Waals surface area contributed by atoms with E-state index in [1.54, 1.807) is 29.2 Å². The number of nitrogens with one attached hydrogen (secondary N) is 1. The van der Waals surface area contributed by atoms with Crippen molar-refractivity contribution in [2.24, 2.45) is 0 Å². The van der Waals surface area contributed by atoms with Gasteiger partial charge in [0.25, 0.3) is 5.91 Å². The number of amides is 2. The highest BCUT2D eigenvalue weighted by molar-refractivity contribution is 5.98. The lowest BCUT2D eigenvalue weighted by Crippen LogP contribution is -2.56. The Morgan fingerprint density at radius 3 is 2.41 bits per heavy atom. The largest absolute Gasteiger partial charge is 0.353 e. The van der Waals surface area contributed by atoms with Gasteiger partial charge in [0.05, 0.1) is 6.61 Å². The quantitative estimate of drug-likeness (QED) is 0.858. The molecule has 29 heavy (non-hydrogen) atoms. The number of carbonyl (C=O) groups excluding carboxylic acids is 2. The van der Waals surface area contributed by atoms with Crippen molar-refractivity contribution in [2.45, 2.75) is 50.4 Å². The van der Waals surface area contributed by atoms with Gasteiger partial charge in [-0.1, -0.05) is 36.8 Å². The molecule has 1 spiro atoms. The van der Waals surface area contributed by atoms with Crippen LogP contribution in [0.25, 0.3) is 0 Å². The third-order valence-electron chi connectivity index (χ3n) is 5.82. The fourth-order valence-corrected chi connectivity index (χ4v) is 4.30. The standard InChI is InChI=1S/C23H25FN2O3/c24-19-11-9-17(10-12-19)15-25-21(27)20-16-29-23(13-5-2-6-14-23)26(20)22(28)18-7-3-1-4-8-18/h1,3-4,7-12,20H,2,5-6,13-16H2,(H,25,27)/t20-/m0/s1. The SMILES string of the molecule is O=C(NCc1ccc(F)cc1)[C@@H]1COC2(CCCCC2)N1C(=O)c1ccccc1. The summed E-state index contributed by atoms with van der Waals surface area (Å²) in [6.45, 7) is 0.462. The van der Waals surface area contributed by atoms with Crippen molar-refractivity contribution in [3.63, 3.8) is 0 Å². The Morgan fingerprint density at radius 2 is 1.72 bits per heavy atom. The maximum absolute atomic E-state index is 13.4. The summed E-state index contributed by atoms with van der Waals surface area (Å²) in [6, 6.07) is 14.4. The molecule has 0 radical (unpaired) electrons. The predicted octanol–water partition coefficient (Wildman–Crippen LogP) is 3.64. The third kappa shape index (κ3) is 4.03. The minimum atomic E-state index is -0.705. The highest BCUT2D eigenvalue weighted by Gasteiger charge is 2.52. The van der Waals surface area contributed by atoms with Gasteiger partial charge in [0.1, 0.15) is 17.6 Å². The molecule has 2 amide bonds. The normalized spacial score (nSPS) is 20.6. The Bertz CT molecular complexity index is 863. The highest BCUT2D eigenvalue weighted by atomic mass is 19.1. The van der Waals surface area contributed by atoms with Crippen LogP contribution < -0.4 is 5.32 Å². The van der Waals surface area contributed by atoms with Gasteiger partial charge in [-0.25, -0.2) is 4.39 Å². The van der Waals surface area contributed by atoms with Crippen molar-refractivity contribution in [2.75, 3.05) is 6.61 Å². The van der Waals surface area contributed by atoms with Crippen LogP contribution in [0.2, 0.25) is 0 Å². The molecule has 2 aliphatic rings. The fraction of sp³-hybridized carbons (Fsp3) is 0.391. The molecule has 1 heterocycles. The molecule has 1 aliphatic carbocycles. The van der Waals surface area contributed by atoms with Gasteiger partial charge < -0.3 is 10.1 Å². The Balaban J connectivity index is 1.54. The van der Waals surface area contributed by atoms with Crippen LogP contribution in [0.1, 0.15) is 48.0 Å². The van der Waals surface area contributed by atoms with E-state index >= 15 is 0 Å². The van der Waals surface area contributed by atoms with E-state index in [9.17, 15) is 14.0 Å². The number of ether oxygens (including phenoxy) is 1. The van der Waals surface area contributed by atoms with Crippen LogP contribution in [-0.4, -0.2) is 35.1 Å². The van der Waals surface area contributed by atoms with Gasteiger partial charge in [0.15, 0.2) is 0 Å². The molecule has 5 nitrogen and oxygen atoms in total. The Labute approximate surface area is 169 Å². The molecule has 1 N–H and O–H groups in total. The molecule has 152 valence electrons. The van der Waals surface area contributed by atoms with E-state index in [1.165, 1.54) is 12.1 Å². The van der Waals surface area contributed by atoms with Crippen LogP contribution in [0.3, 0.4) is 0 Å². The van der Waals surface area contributed by atoms with Gasteiger partial charge in [-0.15, -0.1) is 0 Å². The molecule has 0 aromatic heterocycles. The number of rotatable bonds is 4. The van der Waals surface area contributed by atoms with Crippen LogP contribution in [0, 0.1) is 5.82 Å². The van der Waals surface area contributed by atoms with Crippen LogP contribution >= 0.6 is 0 Å². The molecule has 1 saturated heterocycles. The maximum atomic E-state index is 13.4. The molecule has 1 aliphatic heterocycles. The van der Waals surface area contributed by atoms with E-state index in [2.05, 4.69) is 5.32 Å². The molecular weight excluding hydrogens is 371 g/mol. The molecule has 6 heteroatoms. The van der Waals surface area contributed by atoms with Gasteiger partial charge in [0.2, 0.25) is 5.91 Å². The minimum Gasteiger partial charge on any atom is -0.353 e. The van der Waals surface area contributed by atoms with Gasteiger partial charge in [-0.3, -0.25) is 14.5 Å². The lowest BCUT2D eigenvalue weighted by molar-refractivity contribution is -0.127. The van der Waals surface area contributed by atoms with Crippen molar-refractivity contribution in [3.05, 3.63) is 71.5 Å². The molecule has 2 aromatic rings. The number of hydrogen-bond acceptors (Lipinski definition) is 3. The first kappa shape index (κ1) is 19.6. The summed E-state index contributed by atoms with van der Waals surface area (Å²) in [5.74, 6) is -0.740. The van der Waals surface area contributed by atoms with Crippen LogP contribution in [0.5, 0.6) is 0 Å². The number of hydrogen-bond donors (Lipinski definition) is 1. The lowest BCUT2D eigenvalue weighted by atomic mass is 9.89. The Hall–Kier alpha value is -2.73. The Morgan fingerprint density at radius 1 is 1.03 bits per heavy atom. The molecule has 0 unspecified atom stereocenters. The van der Waals surface area contributed by atoms with Crippen molar-refractivity contribution in [3.8, 4) is 0 Å². The summed E-state index contributed by atoms with van der Waals surface area (Å²) >= 11 is 0. The molecule has 1 atom stereocenters. The first-order valence-electron chi connectivity index (χ1n) is 10.1. The fourth-order valence-electron chi connectivity index (χ4n) is 4.30. The van der Waals surface area contributed by atoms with E-state index in [0.717, 1.165) is 37.7 Å². The third-order valence-corrected chi connectivity index (χ3v) is 5.82. The Kier molecular flexibility index (Phi) is 5.62. The van der Waals surface area contributed by atoms with Crippen LogP contribution in [0.4, 0.5) is 4.39 Å². The molecule has 4 rings (SSSR count). The topological polar surface area (TPSA) is 58.6 Å². The summed E-state index contributed by atoms with van der Waals surface area (Å²) in [7, 11) is 0. The van der Waals surface area contributed by atoms with Crippen LogP contribution in [0.15, 0.2) is 54.6 Å². The summed E-state index contributed by atoms with van der Waals surface area (Å²) < 4.78 is 19.2. The molecule has 1 saturated carbocycles. The molecule has 0 bridgehead atoms. The van der Waals surface area contributed by atoms with Gasteiger partial charge in [0, 0.05) is 12.1 Å². The van der Waals surface area contributed by atoms with E-state index in [4.69, 9.17) is 4.74 Å². The van der Waals surface area contributed by atoms with Crippen molar-refractivity contribution < 1.29 is 18.7 Å². The van der Waals surface area contributed by atoms with Crippen molar-refractivity contribution in [1.82, 2.24) is 10.2 Å². The van der Waals surface area contributed by atoms with E-state index in [0.29, 0.717) is 5.56 Å². The number of nitrogens with zero attached hydrogens (tertiary/aromatic N) is 1. The minimum absolute atomic E-state index is 0.174. The zero-order chi connectivity index (χ0) is 20.3. The first-order valence-corrected chi connectivity index (χ1v) is 10.1. The summed E-state index contributed by atoms with van der Waals surface area (Å²) in [4.78, 5) is 28.0. The lowest BCUT2D eigenvalue weighted by Gasteiger charge is -2.41. The summed E-state index contributed by atoms with van der Waals surface area (Å²) in [5, 5.41) is 2.88. The average molecular weight is 396 g/mol. The van der Waals surface area contributed by atoms with Gasteiger partial charge in [-0.05, 0) is 55.5 Å². The highest BCUT2D eigenvalue weighted by Crippen LogP contribution is 2.41. The van der Waals surface area contributed by atoms with E-state index in [1.807, 2.05) is 18.2 Å². The number of carbonyl (C=O) groups is 2. The zero-order valence-corrected chi connectivity index (χ0v) is 16.3. The average Bonchev–Trinajstić information content (AvgIpc) is 3.12. The van der Waals surface area contributed by atoms with E-state index < -0.39 is 11.8 Å². The second kappa shape index (κ2) is 8.33. The zero-order valence-electron chi connectivity index (χ0n) is 16.3. The molecule has 2 aromatic carbocycles. The van der Waals surface area contributed by atoms with Crippen molar-refractivity contribution >= 4 is 11.8 Å². The second-order valence-corrected chi connectivity index (χ2v) is 7.72. The smallest absolute Gasteiger partial charge is 0.256 e. The summed E-state index contributed by atoms with van der Waals surface area (Å²) in [6.07, 6.45) is 4.55. The van der Waals surface area contributed by atoms with Gasteiger partial charge in [-0.2, -0.15) is 0 Å². The second-order valence-electron chi connectivity index (χ2n) is 7.72. The van der Waals surface area contributed by atoms with E-state index in [-0.39, 0.29) is 30.8 Å². The number of halogens is 1.